The lowest BCUT2D eigenvalue weighted by Gasteiger charge is -2.21. The molecule has 0 fully saturated rings. The van der Waals surface area contributed by atoms with E-state index in [2.05, 4.69) is 65.8 Å². The van der Waals surface area contributed by atoms with Crippen molar-refractivity contribution < 1.29 is 80.2 Å². The molecule has 5 atom stereocenters. The molecule has 3 N–H and O–H groups in total. The molecule has 0 amide bonds. The quantitative estimate of drug-likeness (QED) is 0.0169. The molecule has 0 saturated heterocycles. The van der Waals surface area contributed by atoms with Crippen LogP contribution in [0.25, 0.3) is 0 Å². The number of aliphatic hydroxyl groups is 1. The number of carbonyl (C=O) groups is 4. The number of allylic oxidation sites excluding steroid dienone is 4. The summed E-state index contributed by atoms with van der Waals surface area (Å²) in [6.45, 7) is 9.65. The maximum absolute atomic E-state index is 13.1. The molecule has 104 heavy (non-hydrogen) atoms. The number of ether oxygens (including phenoxy) is 4. The Morgan fingerprint density at radius 3 is 0.788 bits per heavy atom. The average molecular weight is 1520 g/mol. The summed E-state index contributed by atoms with van der Waals surface area (Å²) in [5, 5.41) is 10.7. The molecule has 19 heteroatoms. The highest BCUT2D eigenvalue weighted by atomic mass is 31.2. The van der Waals surface area contributed by atoms with Gasteiger partial charge in [-0.25, -0.2) is 9.13 Å². The molecular weight excluding hydrogens is 1350 g/mol. The van der Waals surface area contributed by atoms with E-state index in [0.29, 0.717) is 25.7 Å². The molecule has 17 nitrogen and oxygen atoms in total. The Morgan fingerprint density at radius 2 is 0.519 bits per heavy atom. The van der Waals surface area contributed by atoms with E-state index in [-0.39, 0.29) is 25.7 Å². The van der Waals surface area contributed by atoms with Crippen molar-refractivity contribution in [2.75, 3.05) is 39.6 Å². The van der Waals surface area contributed by atoms with Crippen LogP contribution >= 0.6 is 15.6 Å². The van der Waals surface area contributed by atoms with Crippen molar-refractivity contribution in [1.82, 2.24) is 0 Å². The van der Waals surface area contributed by atoms with Gasteiger partial charge in [0.25, 0.3) is 0 Å². The van der Waals surface area contributed by atoms with Crippen molar-refractivity contribution in [1.29, 1.82) is 0 Å². The number of aliphatic hydroxyl groups excluding tert-OH is 1. The predicted molar refractivity (Wildman–Crippen MR) is 427 cm³/mol. The second kappa shape index (κ2) is 75.9. The van der Waals surface area contributed by atoms with Gasteiger partial charge in [0.1, 0.15) is 19.3 Å². The molecule has 0 bridgehead atoms. The van der Waals surface area contributed by atoms with Crippen LogP contribution < -0.4 is 0 Å². The Hall–Kier alpha value is -2.46. The molecule has 0 saturated carbocycles. The summed E-state index contributed by atoms with van der Waals surface area (Å²) in [5.74, 6) is -0.514. The molecule has 0 aromatic carbocycles. The Balaban J connectivity index is 5.27. The minimum absolute atomic E-state index is 0.0855. The van der Waals surface area contributed by atoms with Crippen molar-refractivity contribution >= 4 is 39.5 Å². The summed E-state index contributed by atoms with van der Waals surface area (Å²) in [5.41, 5.74) is 0. The van der Waals surface area contributed by atoms with Gasteiger partial charge in [-0.1, -0.05) is 374 Å². The molecule has 0 aliphatic rings. The third-order valence-corrected chi connectivity index (χ3v) is 21.2. The van der Waals surface area contributed by atoms with Gasteiger partial charge in [0.2, 0.25) is 0 Å². The lowest BCUT2D eigenvalue weighted by atomic mass is 10.0. The number of hydrogen-bond donors (Lipinski definition) is 3. The van der Waals surface area contributed by atoms with Gasteiger partial charge >= 0.3 is 39.5 Å². The summed E-state index contributed by atoms with van der Waals surface area (Å²) in [6, 6.07) is 0. The smallest absolute Gasteiger partial charge is 0.462 e. The Bertz CT molecular complexity index is 2090. The zero-order chi connectivity index (χ0) is 76.4. The molecule has 614 valence electrons. The van der Waals surface area contributed by atoms with Crippen molar-refractivity contribution in [2.24, 2.45) is 11.8 Å². The second-order valence-electron chi connectivity index (χ2n) is 30.8. The first-order chi connectivity index (χ1) is 50.4. The fraction of sp³-hybridized carbons (Fsp3) is 0.906. The normalized spacial score (nSPS) is 14.0. The van der Waals surface area contributed by atoms with E-state index in [4.69, 9.17) is 37.0 Å². The van der Waals surface area contributed by atoms with Gasteiger partial charge in [0, 0.05) is 25.7 Å². The van der Waals surface area contributed by atoms with Crippen LogP contribution in [0.1, 0.15) is 427 Å². The van der Waals surface area contributed by atoms with Gasteiger partial charge in [0.15, 0.2) is 12.2 Å². The number of esters is 4. The predicted octanol–water partition coefficient (Wildman–Crippen LogP) is 25.4. The topological polar surface area (TPSA) is 237 Å². The summed E-state index contributed by atoms with van der Waals surface area (Å²) in [6.07, 6.45) is 70.1. The summed E-state index contributed by atoms with van der Waals surface area (Å²) < 4.78 is 68.8. The fourth-order valence-electron chi connectivity index (χ4n) is 12.7. The van der Waals surface area contributed by atoms with Gasteiger partial charge in [-0.15, -0.1) is 0 Å². The van der Waals surface area contributed by atoms with Crippen molar-refractivity contribution in [3.63, 3.8) is 0 Å². The zero-order valence-corrected chi connectivity index (χ0v) is 69.6. The van der Waals surface area contributed by atoms with Gasteiger partial charge in [0.05, 0.1) is 26.4 Å². The minimum atomic E-state index is -4.97. The molecule has 0 rings (SSSR count). The lowest BCUT2D eigenvalue weighted by molar-refractivity contribution is -0.161. The van der Waals surface area contributed by atoms with Crippen molar-refractivity contribution in [3.8, 4) is 0 Å². The van der Waals surface area contributed by atoms with E-state index in [0.717, 1.165) is 115 Å². The third kappa shape index (κ3) is 77.7. The SMILES string of the molecule is CCCCCC/C=C\C=C/CCCCCCCC(=O)O[C@H](COC(=O)CCCCCCCCCCCCC)COP(=O)(O)OC[C@H](O)COP(=O)(O)OC[C@@H](COC(=O)CCCCCCCCCCCCCCCCCCC(C)C)OC(=O)CCCCCCCCCCCCCCCCCCC(C)C. The summed E-state index contributed by atoms with van der Waals surface area (Å²) >= 11 is 0. The van der Waals surface area contributed by atoms with Crippen LogP contribution in [0, 0.1) is 11.8 Å². The first-order valence-corrected chi connectivity index (χ1v) is 46.3. The number of carbonyl (C=O) groups excluding carboxylic acids is 4. The lowest BCUT2D eigenvalue weighted by Crippen LogP contribution is -2.30. The van der Waals surface area contributed by atoms with Gasteiger partial charge in [-0.05, 0) is 63.2 Å². The van der Waals surface area contributed by atoms with E-state index in [9.17, 15) is 43.2 Å². The third-order valence-electron chi connectivity index (χ3n) is 19.3. The largest absolute Gasteiger partial charge is 0.472 e. The molecule has 0 heterocycles. The molecule has 0 aromatic rings. The maximum Gasteiger partial charge on any atom is 0.472 e. The molecule has 0 spiro atoms. The first kappa shape index (κ1) is 102. The van der Waals surface area contributed by atoms with Crippen LogP contribution in [-0.2, 0) is 65.4 Å². The number of phosphoric acid groups is 2. The highest BCUT2D eigenvalue weighted by Gasteiger charge is 2.30. The van der Waals surface area contributed by atoms with E-state index in [1.165, 1.54) is 231 Å². The first-order valence-electron chi connectivity index (χ1n) is 43.3. The van der Waals surface area contributed by atoms with Crippen LogP contribution in [0.4, 0.5) is 0 Å². The highest BCUT2D eigenvalue weighted by Crippen LogP contribution is 2.45. The maximum atomic E-state index is 13.1. The fourth-order valence-corrected chi connectivity index (χ4v) is 14.3. The molecule has 0 aliphatic carbocycles. The number of unbranched alkanes of at least 4 members (excludes halogenated alkanes) is 49. The standard InChI is InChI=1S/C85H162O17P2/c1-7-9-11-13-15-17-19-20-25-33-39-45-51-57-63-69-84(89)101-80(73-95-82(87)67-61-55-49-43-35-18-16-14-12-10-8-2)75-99-103(91,92)97-71-79(86)72-98-104(93,94)100-76-81(102-85(90)70-64-58-52-46-40-34-29-24-22-27-31-37-42-48-54-60-66-78(5)6)74-96-83(88)68-62-56-50-44-38-32-28-23-21-26-30-36-41-47-53-59-65-77(3)4/h17,19-20,25,77-81,86H,7-16,18,21-24,26-76H2,1-6H3,(H,91,92)(H,93,94)/b19-17-,25-20-/t79-,80+,81+/m0/s1. The monoisotopic (exact) mass is 1520 g/mol. The van der Waals surface area contributed by atoms with Crippen LogP contribution in [0.3, 0.4) is 0 Å². The van der Waals surface area contributed by atoms with Crippen molar-refractivity contribution in [2.45, 2.75) is 445 Å². The summed E-state index contributed by atoms with van der Waals surface area (Å²) in [4.78, 5) is 73.2. The highest BCUT2D eigenvalue weighted by molar-refractivity contribution is 7.47. The zero-order valence-electron chi connectivity index (χ0n) is 67.8. The molecule has 2 unspecified atom stereocenters. The van der Waals surface area contributed by atoms with Gasteiger partial charge < -0.3 is 33.8 Å². The van der Waals surface area contributed by atoms with Crippen LogP contribution in [-0.4, -0.2) is 96.7 Å². The van der Waals surface area contributed by atoms with Crippen LogP contribution in [0.2, 0.25) is 0 Å². The van der Waals surface area contributed by atoms with E-state index in [1.807, 2.05) is 0 Å². The average Bonchev–Trinajstić information content (AvgIpc) is 0.914. The van der Waals surface area contributed by atoms with E-state index >= 15 is 0 Å². The number of rotatable bonds is 82. The minimum Gasteiger partial charge on any atom is -0.462 e. The Labute approximate surface area is 637 Å². The second-order valence-corrected chi connectivity index (χ2v) is 33.7. The molecule has 0 aliphatic heterocycles. The van der Waals surface area contributed by atoms with E-state index < -0.39 is 97.5 Å². The van der Waals surface area contributed by atoms with Crippen LogP contribution in [0.15, 0.2) is 24.3 Å². The Morgan fingerprint density at radius 1 is 0.298 bits per heavy atom. The summed E-state index contributed by atoms with van der Waals surface area (Å²) in [7, 11) is -9.94. The number of phosphoric ester groups is 2. The van der Waals surface area contributed by atoms with Gasteiger partial charge in [-0.2, -0.15) is 0 Å². The van der Waals surface area contributed by atoms with E-state index in [1.54, 1.807) is 0 Å². The van der Waals surface area contributed by atoms with Gasteiger partial charge in [-0.3, -0.25) is 37.3 Å². The Kier molecular flexibility index (Phi) is 74.1. The molecule has 0 aromatic heterocycles. The van der Waals surface area contributed by atoms with Crippen molar-refractivity contribution in [3.05, 3.63) is 24.3 Å². The molecular formula is C85H162O17P2. The molecule has 0 radical (unpaired) electrons. The number of hydrogen-bond acceptors (Lipinski definition) is 15. The van der Waals surface area contributed by atoms with Crippen LogP contribution in [0.5, 0.6) is 0 Å².